The molecule has 5 nitrogen and oxygen atoms in total. The maximum absolute atomic E-state index is 12.5. The third-order valence-corrected chi connectivity index (χ3v) is 5.44. The molecule has 2 heterocycles. The van der Waals surface area contributed by atoms with E-state index in [4.69, 9.17) is 11.6 Å². The van der Waals surface area contributed by atoms with E-state index in [9.17, 15) is 13.5 Å². The van der Waals surface area contributed by atoms with Gasteiger partial charge in [-0.25, -0.2) is 13.4 Å². The molecular weight excluding hydrogens is 288 g/mol. The van der Waals surface area contributed by atoms with Crippen LogP contribution in [0.5, 0.6) is 0 Å². The van der Waals surface area contributed by atoms with Crippen LogP contribution >= 0.6 is 11.6 Å². The monoisotopic (exact) mass is 304 g/mol. The number of hydrogen-bond acceptors (Lipinski definition) is 4. The van der Waals surface area contributed by atoms with E-state index in [1.54, 1.807) is 13.8 Å². The fraction of sp³-hybridized carbons (Fsp3) is 0.583. The molecule has 0 radical (unpaired) electrons. The van der Waals surface area contributed by atoms with Gasteiger partial charge in [-0.2, -0.15) is 4.31 Å². The Hall–Kier alpha value is -0.690. The highest BCUT2D eigenvalue weighted by atomic mass is 35.5. The minimum Gasteiger partial charge on any atom is -0.389 e. The molecule has 1 fully saturated rings. The molecule has 1 atom stereocenters. The summed E-state index contributed by atoms with van der Waals surface area (Å²) in [5.41, 5.74) is -1.07. The van der Waals surface area contributed by atoms with Gasteiger partial charge in [-0.1, -0.05) is 11.6 Å². The molecule has 1 N–H and O–H groups in total. The lowest BCUT2D eigenvalue weighted by Gasteiger charge is -2.32. The van der Waals surface area contributed by atoms with Gasteiger partial charge in [-0.05, 0) is 38.8 Å². The topological polar surface area (TPSA) is 70.5 Å². The number of halogens is 1. The first-order valence-electron chi connectivity index (χ1n) is 6.09. The zero-order valence-electron chi connectivity index (χ0n) is 10.9. The first kappa shape index (κ1) is 14.7. The average molecular weight is 305 g/mol. The Kier molecular flexibility index (Phi) is 3.88. The summed E-state index contributed by atoms with van der Waals surface area (Å²) in [6, 6.07) is 2.47. The van der Waals surface area contributed by atoms with Crippen molar-refractivity contribution in [2.45, 2.75) is 43.2 Å². The van der Waals surface area contributed by atoms with Crippen molar-refractivity contribution >= 4 is 21.6 Å². The fourth-order valence-electron chi connectivity index (χ4n) is 2.38. The molecule has 0 amide bonds. The zero-order valence-corrected chi connectivity index (χ0v) is 12.4. The lowest BCUT2D eigenvalue weighted by atomic mass is 9.98. The van der Waals surface area contributed by atoms with Gasteiger partial charge in [-0.15, -0.1) is 0 Å². The highest BCUT2D eigenvalue weighted by Crippen LogP contribution is 2.31. The van der Waals surface area contributed by atoms with Crippen LogP contribution in [0.1, 0.15) is 26.7 Å². The number of pyridine rings is 1. The smallest absolute Gasteiger partial charge is 0.244 e. The molecule has 1 saturated heterocycles. The third-order valence-electron chi connectivity index (χ3n) is 3.33. The van der Waals surface area contributed by atoms with Crippen LogP contribution < -0.4 is 0 Å². The van der Waals surface area contributed by atoms with Crippen LogP contribution in [0.3, 0.4) is 0 Å². The van der Waals surface area contributed by atoms with Gasteiger partial charge in [0, 0.05) is 12.7 Å². The molecule has 2 rings (SSSR count). The van der Waals surface area contributed by atoms with Crippen LogP contribution in [0.2, 0.25) is 5.15 Å². The molecule has 1 unspecified atom stereocenters. The molecule has 0 spiro atoms. The number of aromatic nitrogens is 1. The summed E-state index contributed by atoms with van der Waals surface area (Å²) in [6.07, 6.45) is 2.65. The maximum Gasteiger partial charge on any atom is 0.244 e. The molecule has 0 aliphatic carbocycles. The normalized spacial score (nSPS) is 21.8. The Morgan fingerprint density at radius 2 is 2.16 bits per heavy atom. The Morgan fingerprint density at radius 3 is 2.68 bits per heavy atom. The Balaban J connectivity index is 2.37. The highest BCUT2D eigenvalue weighted by Gasteiger charge is 2.42. The zero-order chi connectivity index (χ0) is 14.3. The Labute approximate surface area is 118 Å². The molecule has 1 aliphatic rings. The third kappa shape index (κ3) is 2.91. The van der Waals surface area contributed by atoms with Crippen molar-refractivity contribution in [2.24, 2.45) is 0 Å². The first-order chi connectivity index (χ1) is 8.73. The van der Waals surface area contributed by atoms with Crippen LogP contribution in [0.25, 0.3) is 0 Å². The van der Waals surface area contributed by atoms with Gasteiger partial charge in [0.25, 0.3) is 0 Å². The number of hydrogen-bond donors (Lipinski definition) is 1. The van der Waals surface area contributed by atoms with Gasteiger partial charge in [0.1, 0.15) is 10.0 Å². The summed E-state index contributed by atoms with van der Waals surface area (Å²) in [6.45, 7) is 3.68. The van der Waals surface area contributed by atoms with Crippen molar-refractivity contribution in [1.29, 1.82) is 0 Å². The van der Waals surface area contributed by atoms with Crippen molar-refractivity contribution < 1.29 is 13.5 Å². The molecule has 1 aliphatic heterocycles. The second-order valence-electron chi connectivity index (χ2n) is 5.24. The summed E-state index contributed by atoms with van der Waals surface area (Å²) < 4.78 is 26.4. The van der Waals surface area contributed by atoms with Crippen LogP contribution in [-0.2, 0) is 10.0 Å². The standard InChI is InChI=1S/C12H17ClN2O3S/c1-12(2,16)10-4-3-7-15(10)19(17,18)9-5-6-11(13)14-8-9/h5-6,8,10,16H,3-4,7H2,1-2H3. The van der Waals surface area contributed by atoms with Gasteiger partial charge in [0.2, 0.25) is 10.0 Å². The number of rotatable bonds is 3. The van der Waals surface area contributed by atoms with Crippen LogP contribution in [0.4, 0.5) is 0 Å². The van der Waals surface area contributed by atoms with Gasteiger partial charge in [0.05, 0.1) is 11.6 Å². The van der Waals surface area contributed by atoms with Crippen molar-refractivity contribution in [3.8, 4) is 0 Å². The number of nitrogens with zero attached hydrogens (tertiary/aromatic N) is 2. The molecule has 7 heteroatoms. The number of aliphatic hydroxyl groups is 1. The van der Waals surface area contributed by atoms with Gasteiger partial charge >= 0.3 is 0 Å². The van der Waals surface area contributed by atoms with E-state index in [2.05, 4.69) is 4.98 Å². The van der Waals surface area contributed by atoms with E-state index in [0.717, 1.165) is 6.42 Å². The van der Waals surface area contributed by atoms with Gasteiger partial charge < -0.3 is 5.11 Å². The molecular formula is C12H17ClN2O3S. The van der Waals surface area contributed by atoms with E-state index >= 15 is 0 Å². The summed E-state index contributed by atoms with van der Waals surface area (Å²) >= 11 is 5.66. The maximum atomic E-state index is 12.5. The van der Waals surface area contributed by atoms with Crippen LogP contribution in [-0.4, -0.2) is 41.0 Å². The minimum absolute atomic E-state index is 0.105. The lowest BCUT2D eigenvalue weighted by molar-refractivity contribution is 0.0215. The Morgan fingerprint density at radius 1 is 1.47 bits per heavy atom. The van der Waals surface area contributed by atoms with E-state index < -0.39 is 21.7 Å². The molecule has 0 bridgehead atoms. The van der Waals surface area contributed by atoms with Gasteiger partial charge in [0.15, 0.2) is 0 Å². The predicted octanol–water partition coefficient (Wildman–Crippen LogP) is 1.66. The molecule has 0 aromatic carbocycles. The summed E-state index contributed by atoms with van der Waals surface area (Å²) in [5.74, 6) is 0. The molecule has 0 saturated carbocycles. The second kappa shape index (κ2) is 5.01. The SMILES string of the molecule is CC(C)(O)C1CCCN1S(=O)(=O)c1ccc(Cl)nc1. The molecule has 19 heavy (non-hydrogen) atoms. The van der Waals surface area contributed by atoms with E-state index in [1.807, 2.05) is 0 Å². The fourth-order valence-corrected chi connectivity index (χ4v) is 4.26. The largest absolute Gasteiger partial charge is 0.389 e. The highest BCUT2D eigenvalue weighted by molar-refractivity contribution is 7.89. The summed E-state index contributed by atoms with van der Waals surface area (Å²) in [4.78, 5) is 3.91. The van der Waals surface area contributed by atoms with E-state index in [1.165, 1.54) is 22.6 Å². The lowest BCUT2D eigenvalue weighted by Crippen LogP contribution is -2.48. The molecule has 106 valence electrons. The predicted molar refractivity (Wildman–Crippen MR) is 72.5 cm³/mol. The van der Waals surface area contributed by atoms with E-state index in [0.29, 0.717) is 13.0 Å². The van der Waals surface area contributed by atoms with Gasteiger partial charge in [-0.3, -0.25) is 0 Å². The second-order valence-corrected chi connectivity index (χ2v) is 7.52. The van der Waals surface area contributed by atoms with Crippen LogP contribution in [0.15, 0.2) is 23.2 Å². The molecule has 1 aromatic heterocycles. The average Bonchev–Trinajstić information content (AvgIpc) is 2.78. The first-order valence-corrected chi connectivity index (χ1v) is 7.90. The van der Waals surface area contributed by atoms with Crippen molar-refractivity contribution in [3.05, 3.63) is 23.5 Å². The van der Waals surface area contributed by atoms with Crippen molar-refractivity contribution in [2.75, 3.05) is 6.54 Å². The molecule has 1 aromatic rings. The summed E-state index contributed by atoms with van der Waals surface area (Å²) in [7, 11) is -3.64. The van der Waals surface area contributed by atoms with Crippen molar-refractivity contribution in [1.82, 2.24) is 9.29 Å². The minimum atomic E-state index is -3.64. The van der Waals surface area contributed by atoms with Crippen molar-refractivity contribution in [3.63, 3.8) is 0 Å². The summed E-state index contributed by atoms with van der Waals surface area (Å²) in [5, 5.41) is 10.3. The quantitative estimate of drug-likeness (QED) is 0.862. The Bertz CT molecular complexity index is 551. The van der Waals surface area contributed by atoms with Crippen LogP contribution in [0, 0.1) is 0 Å². The number of sulfonamides is 1. The van der Waals surface area contributed by atoms with E-state index in [-0.39, 0.29) is 10.0 Å².